The van der Waals surface area contributed by atoms with Gasteiger partial charge in [-0.1, -0.05) is 18.2 Å². The van der Waals surface area contributed by atoms with E-state index in [1.54, 1.807) is 0 Å². The number of nitrogen functional groups attached to an aromatic ring is 1. The van der Waals surface area contributed by atoms with E-state index < -0.39 is 0 Å². The van der Waals surface area contributed by atoms with Gasteiger partial charge in [-0.25, -0.2) is 0 Å². The maximum Gasteiger partial charge on any atom is 0.122 e. The van der Waals surface area contributed by atoms with Gasteiger partial charge in [-0.05, 0) is 56.9 Å². The second kappa shape index (κ2) is 6.16. The molecule has 2 saturated heterocycles. The molecule has 0 radical (unpaired) electrons. The minimum Gasteiger partial charge on any atom is -0.384 e. The summed E-state index contributed by atoms with van der Waals surface area (Å²) in [6, 6.07) is 8.91. The van der Waals surface area contributed by atoms with Crippen molar-refractivity contribution in [2.45, 2.75) is 31.8 Å². The van der Waals surface area contributed by atoms with E-state index in [2.05, 4.69) is 29.0 Å². The van der Waals surface area contributed by atoms with Gasteiger partial charge in [0.25, 0.3) is 0 Å². The second-order valence-electron chi connectivity index (χ2n) is 6.59. The van der Waals surface area contributed by atoms with Crippen molar-refractivity contribution >= 4 is 5.84 Å². The number of piperidine rings is 2. The minimum atomic E-state index is 0.157. The van der Waals surface area contributed by atoms with Crippen molar-refractivity contribution in [2.75, 3.05) is 26.7 Å². The maximum absolute atomic E-state index is 7.55. The highest BCUT2D eigenvalue weighted by atomic mass is 15.2. The molecule has 2 atom stereocenters. The van der Waals surface area contributed by atoms with Gasteiger partial charge in [0.05, 0.1) is 0 Å². The second-order valence-corrected chi connectivity index (χ2v) is 6.59. The molecule has 1 aromatic carbocycles. The molecule has 2 aliphatic rings. The third-order valence-electron chi connectivity index (χ3n) is 5.07. The zero-order valence-electron chi connectivity index (χ0n) is 12.9. The number of nitrogens with zero attached hydrogens (tertiary/aromatic N) is 2. The largest absolute Gasteiger partial charge is 0.384 e. The molecule has 2 unspecified atom stereocenters. The number of rotatable bonds is 3. The fourth-order valence-electron chi connectivity index (χ4n) is 3.97. The van der Waals surface area contributed by atoms with Crippen LogP contribution in [0.1, 0.15) is 30.4 Å². The van der Waals surface area contributed by atoms with E-state index in [0.29, 0.717) is 0 Å². The van der Waals surface area contributed by atoms with Crippen LogP contribution in [0.2, 0.25) is 0 Å². The predicted molar refractivity (Wildman–Crippen MR) is 86.5 cm³/mol. The summed E-state index contributed by atoms with van der Waals surface area (Å²) in [7, 11) is 2.28. The van der Waals surface area contributed by atoms with E-state index in [-0.39, 0.29) is 5.84 Å². The fraction of sp³-hybridized carbons (Fsp3) is 0.588. The molecule has 4 nitrogen and oxygen atoms in total. The third-order valence-corrected chi connectivity index (χ3v) is 5.07. The van der Waals surface area contributed by atoms with Crippen LogP contribution in [-0.4, -0.2) is 48.4 Å². The highest BCUT2D eigenvalue weighted by Gasteiger charge is 2.33. The van der Waals surface area contributed by atoms with Gasteiger partial charge in [0.15, 0.2) is 0 Å². The van der Waals surface area contributed by atoms with Gasteiger partial charge >= 0.3 is 0 Å². The van der Waals surface area contributed by atoms with E-state index in [1.807, 2.05) is 12.1 Å². The van der Waals surface area contributed by atoms with Gasteiger partial charge in [0, 0.05) is 24.7 Å². The van der Waals surface area contributed by atoms with Crippen LogP contribution in [0.4, 0.5) is 0 Å². The average Bonchev–Trinajstić information content (AvgIpc) is 2.47. The quantitative estimate of drug-likeness (QED) is 0.659. The van der Waals surface area contributed by atoms with E-state index in [1.165, 1.54) is 44.5 Å². The molecule has 21 heavy (non-hydrogen) atoms. The normalized spacial score (nSPS) is 27.3. The molecule has 2 fully saturated rings. The molecule has 4 heteroatoms. The average molecular weight is 286 g/mol. The predicted octanol–water partition coefficient (Wildman–Crippen LogP) is 1.89. The summed E-state index contributed by atoms with van der Waals surface area (Å²) in [5.41, 5.74) is 7.68. The van der Waals surface area contributed by atoms with Crippen molar-refractivity contribution in [3.05, 3.63) is 35.4 Å². The van der Waals surface area contributed by atoms with Crippen LogP contribution in [0.5, 0.6) is 0 Å². The van der Waals surface area contributed by atoms with Crippen LogP contribution in [0.25, 0.3) is 0 Å². The van der Waals surface area contributed by atoms with Crippen LogP contribution in [0, 0.1) is 11.3 Å². The lowest BCUT2D eigenvalue weighted by Crippen LogP contribution is -2.52. The molecule has 0 aromatic heterocycles. The molecule has 3 N–H and O–H groups in total. The molecule has 0 saturated carbocycles. The number of fused-ring (bicyclic) bond motifs is 1. The Labute approximate surface area is 127 Å². The first-order valence-electron chi connectivity index (χ1n) is 7.99. The first-order valence-corrected chi connectivity index (χ1v) is 7.99. The topological polar surface area (TPSA) is 56.4 Å². The molecular weight excluding hydrogens is 260 g/mol. The fourth-order valence-corrected chi connectivity index (χ4v) is 3.97. The summed E-state index contributed by atoms with van der Waals surface area (Å²) in [4.78, 5) is 5.13. The Bertz CT molecular complexity index is 513. The van der Waals surface area contributed by atoms with Crippen molar-refractivity contribution in [3.63, 3.8) is 0 Å². The summed E-state index contributed by atoms with van der Waals surface area (Å²) in [6.45, 7) is 4.63. The molecule has 0 spiro atoms. The third kappa shape index (κ3) is 3.27. The van der Waals surface area contributed by atoms with Crippen LogP contribution in [0.3, 0.4) is 0 Å². The van der Waals surface area contributed by atoms with Gasteiger partial charge < -0.3 is 10.6 Å². The van der Waals surface area contributed by atoms with Crippen LogP contribution in [-0.2, 0) is 6.54 Å². The Morgan fingerprint density at radius 3 is 3.00 bits per heavy atom. The van der Waals surface area contributed by atoms with Gasteiger partial charge in [-0.2, -0.15) is 0 Å². The number of likely N-dealkylation sites (tertiary alicyclic amines) is 2. The summed E-state index contributed by atoms with van der Waals surface area (Å²) in [5.74, 6) is 0.984. The minimum absolute atomic E-state index is 0.157. The summed E-state index contributed by atoms with van der Waals surface area (Å²) < 4.78 is 0. The number of hydrogen-bond donors (Lipinski definition) is 2. The number of nitrogens with two attached hydrogens (primary N) is 1. The number of nitrogens with one attached hydrogen (secondary N) is 1. The molecule has 2 heterocycles. The molecule has 0 amide bonds. The van der Waals surface area contributed by atoms with Crippen molar-refractivity contribution in [1.82, 2.24) is 9.80 Å². The van der Waals surface area contributed by atoms with Crippen molar-refractivity contribution in [1.29, 1.82) is 5.41 Å². The van der Waals surface area contributed by atoms with Crippen molar-refractivity contribution in [2.24, 2.45) is 11.7 Å². The zero-order chi connectivity index (χ0) is 14.8. The Morgan fingerprint density at radius 2 is 2.19 bits per heavy atom. The van der Waals surface area contributed by atoms with E-state index in [9.17, 15) is 0 Å². The van der Waals surface area contributed by atoms with E-state index in [4.69, 9.17) is 11.1 Å². The van der Waals surface area contributed by atoms with Gasteiger partial charge in [0.2, 0.25) is 0 Å². The van der Waals surface area contributed by atoms with E-state index >= 15 is 0 Å². The smallest absolute Gasteiger partial charge is 0.122 e. The van der Waals surface area contributed by atoms with Crippen LogP contribution >= 0.6 is 0 Å². The Morgan fingerprint density at radius 1 is 1.33 bits per heavy atom. The SMILES string of the molecule is CN1CCCC2CN(Cc3cccc(C(=N)N)c3)CCC21. The highest BCUT2D eigenvalue weighted by Crippen LogP contribution is 2.30. The number of hydrogen-bond acceptors (Lipinski definition) is 3. The number of amidine groups is 1. The Balaban J connectivity index is 1.64. The van der Waals surface area contributed by atoms with Gasteiger partial charge in [-0.15, -0.1) is 0 Å². The van der Waals surface area contributed by atoms with Crippen LogP contribution < -0.4 is 5.73 Å². The molecular formula is C17H26N4. The monoisotopic (exact) mass is 286 g/mol. The lowest BCUT2D eigenvalue weighted by Gasteiger charge is -2.46. The van der Waals surface area contributed by atoms with E-state index in [0.717, 1.165) is 24.1 Å². The molecule has 2 aliphatic heterocycles. The maximum atomic E-state index is 7.55. The molecule has 3 rings (SSSR count). The van der Waals surface area contributed by atoms with Crippen molar-refractivity contribution in [3.8, 4) is 0 Å². The Hall–Kier alpha value is -1.39. The van der Waals surface area contributed by atoms with Crippen molar-refractivity contribution < 1.29 is 0 Å². The standard InChI is InChI=1S/C17H26N4/c1-20-8-3-6-15-12-21(9-7-16(15)20)11-13-4-2-5-14(10-13)17(18)19/h2,4-5,10,15-16H,3,6-9,11-12H2,1H3,(H3,18,19). The Kier molecular flexibility index (Phi) is 4.27. The van der Waals surface area contributed by atoms with Gasteiger partial charge in [-0.3, -0.25) is 10.3 Å². The lowest BCUT2D eigenvalue weighted by atomic mass is 9.84. The first kappa shape index (κ1) is 14.5. The molecule has 114 valence electrons. The highest BCUT2D eigenvalue weighted by molar-refractivity contribution is 5.95. The van der Waals surface area contributed by atoms with Crippen LogP contribution in [0.15, 0.2) is 24.3 Å². The number of benzene rings is 1. The first-order chi connectivity index (χ1) is 10.1. The lowest BCUT2D eigenvalue weighted by molar-refractivity contribution is 0.0355. The molecule has 0 bridgehead atoms. The molecule has 0 aliphatic carbocycles. The summed E-state index contributed by atoms with van der Waals surface area (Å²) in [5, 5.41) is 7.55. The summed E-state index contributed by atoms with van der Waals surface area (Å²) >= 11 is 0. The van der Waals surface area contributed by atoms with Gasteiger partial charge in [0.1, 0.15) is 5.84 Å². The zero-order valence-corrected chi connectivity index (χ0v) is 12.9. The summed E-state index contributed by atoms with van der Waals surface area (Å²) in [6.07, 6.45) is 4.00. The molecule has 1 aromatic rings.